The van der Waals surface area contributed by atoms with Gasteiger partial charge in [0.15, 0.2) is 5.82 Å². The zero-order valence-corrected chi connectivity index (χ0v) is 9.57. The third kappa shape index (κ3) is 2.12. The molecule has 1 heterocycles. The van der Waals surface area contributed by atoms with Crippen LogP contribution in [-0.2, 0) is 6.42 Å². The van der Waals surface area contributed by atoms with Gasteiger partial charge in [0, 0.05) is 5.56 Å². The SMILES string of the molecule is CCc1ccccc1-c1nc(N)nc(Cl)n1. The van der Waals surface area contributed by atoms with Crippen molar-refractivity contribution < 1.29 is 0 Å². The van der Waals surface area contributed by atoms with Crippen LogP contribution in [0.25, 0.3) is 11.4 Å². The van der Waals surface area contributed by atoms with Crippen molar-refractivity contribution in [1.82, 2.24) is 15.0 Å². The van der Waals surface area contributed by atoms with Crippen LogP contribution >= 0.6 is 11.6 Å². The molecule has 2 aromatic rings. The van der Waals surface area contributed by atoms with Crippen molar-refractivity contribution in [2.24, 2.45) is 0 Å². The lowest BCUT2D eigenvalue weighted by molar-refractivity contribution is 1.05. The average molecular weight is 235 g/mol. The summed E-state index contributed by atoms with van der Waals surface area (Å²) in [6.45, 7) is 2.07. The molecule has 0 radical (unpaired) electrons. The van der Waals surface area contributed by atoms with Crippen LogP contribution in [0.2, 0.25) is 5.28 Å². The minimum Gasteiger partial charge on any atom is -0.368 e. The Morgan fingerprint density at radius 2 is 1.94 bits per heavy atom. The van der Waals surface area contributed by atoms with E-state index in [1.165, 1.54) is 0 Å². The molecular formula is C11H11ClN4. The second-order valence-corrected chi connectivity index (χ2v) is 3.64. The normalized spacial score (nSPS) is 10.4. The van der Waals surface area contributed by atoms with Crippen LogP contribution in [0.3, 0.4) is 0 Å². The van der Waals surface area contributed by atoms with E-state index in [1.54, 1.807) is 0 Å². The van der Waals surface area contributed by atoms with Gasteiger partial charge in [-0.2, -0.15) is 15.0 Å². The van der Waals surface area contributed by atoms with Crippen LogP contribution in [0.1, 0.15) is 12.5 Å². The Hall–Kier alpha value is -1.68. The second kappa shape index (κ2) is 4.45. The van der Waals surface area contributed by atoms with E-state index in [-0.39, 0.29) is 11.2 Å². The molecule has 0 fully saturated rings. The van der Waals surface area contributed by atoms with Gasteiger partial charge in [-0.15, -0.1) is 0 Å². The van der Waals surface area contributed by atoms with Crippen LogP contribution < -0.4 is 5.73 Å². The van der Waals surface area contributed by atoms with Gasteiger partial charge >= 0.3 is 0 Å². The molecule has 1 aromatic heterocycles. The van der Waals surface area contributed by atoms with E-state index in [4.69, 9.17) is 17.3 Å². The largest absolute Gasteiger partial charge is 0.368 e. The first-order valence-corrected chi connectivity index (χ1v) is 5.34. The van der Waals surface area contributed by atoms with Gasteiger partial charge in [-0.25, -0.2) is 0 Å². The van der Waals surface area contributed by atoms with Crippen LogP contribution in [-0.4, -0.2) is 15.0 Å². The van der Waals surface area contributed by atoms with E-state index in [0.29, 0.717) is 5.82 Å². The van der Waals surface area contributed by atoms with Crippen molar-refractivity contribution in [1.29, 1.82) is 0 Å². The fourth-order valence-electron chi connectivity index (χ4n) is 1.53. The smallest absolute Gasteiger partial charge is 0.227 e. The number of aromatic nitrogens is 3. The number of rotatable bonds is 2. The van der Waals surface area contributed by atoms with Crippen molar-refractivity contribution in [2.75, 3.05) is 5.73 Å². The van der Waals surface area contributed by atoms with Crippen LogP contribution in [0.15, 0.2) is 24.3 Å². The average Bonchev–Trinajstić information content (AvgIpc) is 2.27. The maximum Gasteiger partial charge on any atom is 0.227 e. The minimum absolute atomic E-state index is 0.119. The quantitative estimate of drug-likeness (QED) is 0.866. The Morgan fingerprint density at radius 1 is 1.19 bits per heavy atom. The van der Waals surface area contributed by atoms with Gasteiger partial charge in [0.05, 0.1) is 0 Å². The summed E-state index contributed by atoms with van der Waals surface area (Å²) in [5.74, 6) is 0.663. The molecular weight excluding hydrogens is 224 g/mol. The maximum atomic E-state index is 5.75. The minimum atomic E-state index is 0.119. The number of anilines is 1. The van der Waals surface area contributed by atoms with E-state index >= 15 is 0 Å². The predicted octanol–water partition coefficient (Wildman–Crippen LogP) is 2.34. The highest BCUT2D eigenvalue weighted by molar-refractivity contribution is 6.28. The number of halogens is 1. The van der Waals surface area contributed by atoms with Gasteiger partial charge in [-0.3, -0.25) is 0 Å². The molecule has 16 heavy (non-hydrogen) atoms. The van der Waals surface area contributed by atoms with E-state index in [2.05, 4.69) is 21.9 Å². The molecule has 0 spiro atoms. The van der Waals surface area contributed by atoms with Crippen molar-refractivity contribution in [2.45, 2.75) is 13.3 Å². The van der Waals surface area contributed by atoms with Crippen LogP contribution in [0.5, 0.6) is 0 Å². The summed E-state index contributed by atoms with van der Waals surface area (Å²) in [6, 6.07) is 7.89. The first kappa shape index (κ1) is 10.8. The number of hydrogen-bond acceptors (Lipinski definition) is 4. The Morgan fingerprint density at radius 3 is 2.62 bits per heavy atom. The Labute approximate surface area is 98.5 Å². The number of hydrogen-bond donors (Lipinski definition) is 1. The van der Waals surface area contributed by atoms with Crippen molar-refractivity contribution in [3.05, 3.63) is 35.1 Å². The number of nitrogens with two attached hydrogens (primary N) is 1. The van der Waals surface area contributed by atoms with Crippen molar-refractivity contribution in [3.8, 4) is 11.4 Å². The first-order valence-electron chi connectivity index (χ1n) is 4.96. The Kier molecular flexibility index (Phi) is 3.01. The highest BCUT2D eigenvalue weighted by atomic mass is 35.5. The van der Waals surface area contributed by atoms with E-state index in [1.807, 2.05) is 24.3 Å². The number of nitrogen functional groups attached to an aromatic ring is 1. The molecule has 0 atom stereocenters. The van der Waals surface area contributed by atoms with Crippen molar-refractivity contribution in [3.63, 3.8) is 0 Å². The molecule has 0 bridgehead atoms. The summed E-state index contributed by atoms with van der Waals surface area (Å²) in [7, 11) is 0. The van der Waals surface area contributed by atoms with Crippen LogP contribution in [0.4, 0.5) is 5.95 Å². The molecule has 0 amide bonds. The molecule has 0 aliphatic rings. The number of nitrogens with zero attached hydrogens (tertiary/aromatic N) is 3. The summed E-state index contributed by atoms with van der Waals surface area (Å²) in [5, 5.41) is 0.119. The maximum absolute atomic E-state index is 5.75. The lowest BCUT2D eigenvalue weighted by Gasteiger charge is -2.06. The van der Waals surface area contributed by atoms with Gasteiger partial charge in [0.25, 0.3) is 0 Å². The first-order chi connectivity index (χ1) is 7.70. The highest BCUT2D eigenvalue weighted by Gasteiger charge is 2.08. The lowest BCUT2D eigenvalue weighted by atomic mass is 10.1. The Bertz CT molecular complexity index is 493. The van der Waals surface area contributed by atoms with Gasteiger partial charge < -0.3 is 5.73 Å². The van der Waals surface area contributed by atoms with Gasteiger partial charge in [-0.05, 0) is 23.6 Å². The van der Waals surface area contributed by atoms with Gasteiger partial charge in [-0.1, -0.05) is 31.2 Å². The summed E-state index contributed by atoms with van der Waals surface area (Å²) >= 11 is 5.75. The monoisotopic (exact) mass is 234 g/mol. The number of aryl methyl sites for hydroxylation is 1. The molecule has 2 N–H and O–H groups in total. The molecule has 0 unspecified atom stereocenters. The standard InChI is InChI=1S/C11H11ClN4/c1-2-7-5-3-4-6-8(7)9-14-10(12)16-11(13)15-9/h3-6H,2H2,1H3,(H2,13,14,15,16). The second-order valence-electron chi connectivity index (χ2n) is 3.30. The van der Waals surface area contributed by atoms with Crippen LogP contribution in [0, 0.1) is 0 Å². The molecule has 1 aromatic carbocycles. The van der Waals surface area contributed by atoms with Crippen molar-refractivity contribution >= 4 is 17.5 Å². The molecule has 2 rings (SSSR count). The highest BCUT2D eigenvalue weighted by Crippen LogP contribution is 2.21. The fourth-order valence-corrected chi connectivity index (χ4v) is 1.70. The topological polar surface area (TPSA) is 64.7 Å². The van der Waals surface area contributed by atoms with E-state index in [0.717, 1.165) is 17.5 Å². The molecule has 0 saturated carbocycles. The molecule has 82 valence electrons. The predicted molar refractivity (Wildman–Crippen MR) is 64.1 cm³/mol. The molecule has 0 aliphatic heterocycles. The summed E-state index contributed by atoms with van der Waals surface area (Å²) in [5.41, 5.74) is 7.64. The summed E-state index contributed by atoms with van der Waals surface area (Å²) < 4.78 is 0. The molecule has 4 nitrogen and oxygen atoms in total. The summed E-state index contributed by atoms with van der Waals surface area (Å²) in [4.78, 5) is 11.9. The molecule has 5 heteroatoms. The van der Waals surface area contributed by atoms with Gasteiger partial charge in [0.1, 0.15) is 0 Å². The van der Waals surface area contributed by atoms with Gasteiger partial charge in [0.2, 0.25) is 11.2 Å². The fraction of sp³-hybridized carbons (Fsp3) is 0.182. The lowest BCUT2D eigenvalue weighted by Crippen LogP contribution is -2.01. The van der Waals surface area contributed by atoms with E-state index < -0.39 is 0 Å². The number of benzene rings is 1. The summed E-state index contributed by atoms with van der Waals surface area (Å²) in [6.07, 6.45) is 0.902. The third-order valence-corrected chi connectivity index (χ3v) is 2.43. The molecule has 0 aliphatic carbocycles. The Balaban J connectivity index is 2.58. The zero-order chi connectivity index (χ0) is 11.5. The molecule has 0 saturated heterocycles. The third-order valence-electron chi connectivity index (χ3n) is 2.26. The van der Waals surface area contributed by atoms with E-state index in [9.17, 15) is 0 Å². The zero-order valence-electron chi connectivity index (χ0n) is 8.81.